The molecule has 0 radical (unpaired) electrons. The number of amides is 2. The highest BCUT2D eigenvalue weighted by molar-refractivity contribution is 5.89. The van der Waals surface area contributed by atoms with Gasteiger partial charge < -0.3 is 15.0 Å². The van der Waals surface area contributed by atoms with E-state index < -0.39 is 0 Å². The maximum absolute atomic E-state index is 12.0. The second-order valence-electron chi connectivity index (χ2n) is 4.82. The number of likely N-dealkylation sites (N-methyl/N-ethyl adjacent to an activating group) is 1. The predicted octanol–water partition coefficient (Wildman–Crippen LogP) is 3.40. The van der Waals surface area contributed by atoms with Gasteiger partial charge >= 0.3 is 6.03 Å². The van der Waals surface area contributed by atoms with E-state index in [4.69, 9.17) is 4.74 Å². The third kappa shape index (κ3) is 4.53. The summed E-state index contributed by atoms with van der Waals surface area (Å²) < 4.78 is 5.12. The topological polar surface area (TPSA) is 41.6 Å². The van der Waals surface area contributed by atoms with Gasteiger partial charge in [0.1, 0.15) is 5.75 Å². The molecule has 0 aliphatic rings. The Bertz CT molecular complexity index is 567. The normalized spacial score (nSPS) is 10.0. The third-order valence-electron chi connectivity index (χ3n) is 3.27. The van der Waals surface area contributed by atoms with Crippen molar-refractivity contribution in [3.8, 4) is 5.75 Å². The number of para-hydroxylation sites is 1. The molecule has 0 fully saturated rings. The first-order valence-electron chi connectivity index (χ1n) is 6.89. The second-order valence-corrected chi connectivity index (χ2v) is 4.82. The van der Waals surface area contributed by atoms with Crippen LogP contribution < -0.4 is 10.1 Å². The van der Waals surface area contributed by atoms with Crippen molar-refractivity contribution >= 4 is 11.7 Å². The molecule has 0 aliphatic heterocycles. The summed E-state index contributed by atoms with van der Waals surface area (Å²) in [5.41, 5.74) is 1.98. The van der Waals surface area contributed by atoms with Gasteiger partial charge in [0.05, 0.1) is 7.11 Å². The Balaban J connectivity index is 1.83. The molecule has 0 spiro atoms. The minimum atomic E-state index is -0.102. The summed E-state index contributed by atoms with van der Waals surface area (Å²) in [4.78, 5) is 13.7. The number of ether oxygens (including phenoxy) is 1. The van der Waals surface area contributed by atoms with Crippen LogP contribution in [0.4, 0.5) is 10.5 Å². The molecule has 110 valence electrons. The lowest BCUT2D eigenvalue weighted by molar-refractivity contribution is 0.223. The van der Waals surface area contributed by atoms with Gasteiger partial charge in [-0.1, -0.05) is 30.3 Å². The van der Waals surface area contributed by atoms with Gasteiger partial charge in [-0.25, -0.2) is 4.79 Å². The molecule has 0 heterocycles. The van der Waals surface area contributed by atoms with E-state index in [2.05, 4.69) is 5.32 Å². The summed E-state index contributed by atoms with van der Waals surface area (Å²) in [7, 11) is 3.44. The summed E-state index contributed by atoms with van der Waals surface area (Å²) in [5, 5.41) is 2.86. The Morgan fingerprint density at radius 1 is 1.10 bits per heavy atom. The molecule has 4 heteroatoms. The highest BCUT2D eigenvalue weighted by atomic mass is 16.5. The number of nitrogens with zero attached hydrogens (tertiary/aromatic N) is 1. The van der Waals surface area contributed by atoms with Crippen LogP contribution in [0.2, 0.25) is 0 Å². The number of carbonyl (C=O) groups excluding carboxylic acids is 1. The molecule has 0 aliphatic carbocycles. The number of hydrogen-bond donors (Lipinski definition) is 1. The van der Waals surface area contributed by atoms with Crippen LogP contribution in [0.3, 0.4) is 0 Å². The molecular formula is C17H20N2O2. The van der Waals surface area contributed by atoms with Gasteiger partial charge in [0, 0.05) is 19.3 Å². The van der Waals surface area contributed by atoms with Crippen molar-refractivity contribution in [2.24, 2.45) is 0 Å². The van der Waals surface area contributed by atoms with E-state index in [1.807, 2.05) is 54.6 Å². The third-order valence-corrected chi connectivity index (χ3v) is 3.27. The highest BCUT2D eigenvalue weighted by Crippen LogP contribution is 2.12. The molecule has 1 N–H and O–H groups in total. The van der Waals surface area contributed by atoms with E-state index in [1.165, 1.54) is 5.56 Å². The number of rotatable bonds is 5. The van der Waals surface area contributed by atoms with Gasteiger partial charge in [0.2, 0.25) is 0 Å². The molecule has 0 aromatic heterocycles. The summed E-state index contributed by atoms with van der Waals surface area (Å²) >= 11 is 0. The molecule has 21 heavy (non-hydrogen) atoms. The van der Waals surface area contributed by atoms with Crippen LogP contribution in [-0.2, 0) is 6.42 Å². The number of nitrogens with one attached hydrogen (secondary N) is 1. The highest BCUT2D eigenvalue weighted by Gasteiger charge is 2.08. The van der Waals surface area contributed by atoms with Crippen molar-refractivity contribution in [1.29, 1.82) is 0 Å². The Hall–Kier alpha value is -2.49. The predicted molar refractivity (Wildman–Crippen MR) is 84.8 cm³/mol. The molecule has 2 amide bonds. The zero-order valence-corrected chi connectivity index (χ0v) is 12.4. The molecular weight excluding hydrogens is 264 g/mol. The van der Waals surface area contributed by atoms with Crippen molar-refractivity contribution in [1.82, 2.24) is 4.90 Å². The summed E-state index contributed by atoms with van der Waals surface area (Å²) in [5.74, 6) is 0.842. The molecule has 2 aromatic carbocycles. The number of anilines is 1. The van der Waals surface area contributed by atoms with E-state index in [9.17, 15) is 4.79 Å². The fourth-order valence-electron chi connectivity index (χ4n) is 1.93. The molecule has 0 bridgehead atoms. The minimum Gasteiger partial charge on any atom is -0.497 e. The Kier molecular flexibility index (Phi) is 5.21. The first-order chi connectivity index (χ1) is 10.2. The maximum Gasteiger partial charge on any atom is 0.321 e. The number of carbonyl (C=O) groups is 1. The van der Waals surface area contributed by atoms with Crippen molar-refractivity contribution in [2.45, 2.75) is 6.42 Å². The summed E-state index contributed by atoms with van der Waals surface area (Å²) in [6.45, 7) is 0.658. The molecule has 4 nitrogen and oxygen atoms in total. The van der Waals surface area contributed by atoms with Crippen molar-refractivity contribution in [3.05, 3.63) is 60.2 Å². The molecule has 0 saturated heterocycles. The fourth-order valence-corrected chi connectivity index (χ4v) is 1.93. The van der Waals surface area contributed by atoms with Crippen LogP contribution >= 0.6 is 0 Å². The first kappa shape index (κ1) is 14.9. The van der Waals surface area contributed by atoms with E-state index >= 15 is 0 Å². The first-order valence-corrected chi connectivity index (χ1v) is 6.89. The van der Waals surface area contributed by atoms with Gasteiger partial charge in [-0.3, -0.25) is 0 Å². The quantitative estimate of drug-likeness (QED) is 0.914. The van der Waals surface area contributed by atoms with Crippen LogP contribution in [0.1, 0.15) is 5.56 Å². The SMILES string of the molecule is COc1ccc(CCN(C)C(=O)Nc2ccccc2)cc1. The van der Waals surface area contributed by atoms with E-state index in [-0.39, 0.29) is 6.03 Å². The average Bonchev–Trinajstić information content (AvgIpc) is 2.54. The number of urea groups is 1. The molecule has 2 rings (SSSR count). The van der Waals surface area contributed by atoms with Gasteiger partial charge in [-0.2, -0.15) is 0 Å². The van der Waals surface area contributed by atoms with E-state index in [0.717, 1.165) is 17.9 Å². The fraction of sp³-hybridized carbons (Fsp3) is 0.235. The number of hydrogen-bond acceptors (Lipinski definition) is 2. The smallest absolute Gasteiger partial charge is 0.321 e. The molecule has 0 saturated carbocycles. The Morgan fingerprint density at radius 3 is 2.38 bits per heavy atom. The van der Waals surface area contributed by atoms with Gasteiger partial charge in [0.15, 0.2) is 0 Å². The van der Waals surface area contributed by atoms with Gasteiger partial charge in [0.25, 0.3) is 0 Å². The van der Waals surface area contributed by atoms with Crippen molar-refractivity contribution in [3.63, 3.8) is 0 Å². The molecule has 0 atom stereocenters. The summed E-state index contributed by atoms with van der Waals surface area (Å²) in [6.07, 6.45) is 0.808. The van der Waals surface area contributed by atoms with Crippen LogP contribution in [0, 0.1) is 0 Å². The maximum atomic E-state index is 12.0. The number of methoxy groups -OCH3 is 1. The lowest BCUT2D eigenvalue weighted by Gasteiger charge is -2.18. The average molecular weight is 284 g/mol. The van der Waals surface area contributed by atoms with Crippen LogP contribution in [-0.4, -0.2) is 31.6 Å². The van der Waals surface area contributed by atoms with E-state index in [1.54, 1.807) is 19.1 Å². The van der Waals surface area contributed by atoms with Crippen molar-refractivity contribution in [2.75, 3.05) is 26.0 Å². The summed E-state index contributed by atoms with van der Waals surface area (Å²) in [6, 6.07) is 17.2. The lowest BCUT2D eigenvalue weighted by atomic mass is 10.1. The van der Waals surface area contributed by atoms with E-state index in [0.29, 0.717) is 6.54 Å². The van der Waals surface area contributed by atoms with Crippen LogP contribution in [0.15, 0.2) is 54.6 Å². The second kappa shape index (κ2) is 7.33. The number of benzene rings is 2. The van der Waals surface area contributed by atoms with Crippen LogP contribution in [0.25, 0.3) is 0 Å². The molecule has 2 aromatic rings. The van der Waals surface area contributed by atoms with Crippen molar-refractivity contribution < 1.29 is 9.53 Å². The monoisotopic (exact) mass is 284 g/mol. The zero-order valence-electron chi connectivity index (χ0n) is 12.4. The Labute approximate surface area is 125 Å². The van der Waals surface area contributed by atoms with Gasteiger partial charge in [-0.05, 0) is 36.2 Å². The largest absolute Gasteiger partial charge is 0.497 e. The minimum absolute atomic E-state index is 0.102. The zero-order chi connectivity index (χ0) is 15.1. The lowest BCUT2D eigenvalue weighted by Crippen LogP contribution is -2.32. The van der Waals surface area contributed by atoms with Crippen LogP contribution in [0.5, 0.6) is 5.75 Å². The standard InChI is InChI=1S/C17H20N2O2/c1-19(17(20)18-15-6-4-3-5-7-15)13-12-14-8-10-16(21-2)11-9-14/h3-11H,12-13H2,1-2H3,(H,18,20). The Morgan fingerprint density at radius 2 is 1.76 bits per heavy atom. The van der Waals surface area contributed by atoms with Gasteiger partial charge in [-0.15, -0.1) is 0 Å². The molecule has 0 unspecified atom stereocenters.